The number of carbonyl (C=O) groups is 1. The number of hydrogen-bond donors (Lipinski definition) is 0. The first kappa shape index (κ1) is 17.8. The molecule has 0 heterocycles. The average Bonchev–Trinajstić information content (AvgIpc) is 2.52. The first-order chi connectivity index (χ1) is 10.8. The van der Waals surface area contributed by atoms with Gasteiger partial charge in [-0.15, -0.1) is 11.8 Å². The number of Topliss-reactive ketones (excluding diaryl/α,β-unsaturated/α-hetero) is 1. The Kier molecular flexibility index (Phi) is 5.73. The number of carbonyl (C=O) groups excluding carboxylic acids is 1. The van der Waals surface area contributed by atoms with Gasteiger partial charge in [0.1, 0.15) is 0 Å². The van der Waals surface area contributed by atoms with Crippen LogP contribution in [0.2, 0.25) is 5.02 Å². The normalized spacial score (nSPS) is 11.3. The van der Waals surface area contributed by atoms with Crippen molar-refractivity contribution in [3.63, 3.8) is 0 Å². The molecule has 122 valence electrons. The minimum Gasteiger partial charge on any atom is -0.293 e. The Bertz CT molecular complexity index is 787. The van der Waals surface area contributed by atoms with Crippen LogP contribution in [0.25, 0.3) is 0 Å². The number of thioether (sulfide) groups is 1. The Morgan fingerprint density at radius 1 is 1.09 bits per heavy atom. The predicted molar refractivity (Wildman–Crippen MR) is 96.2 cm³/mol. The predicted octanol–water partition coefficient (Wildman–Crippen LogP) is 3.71. The third-order valence-electron chi connectivity index (χ3n) is 3.23. The summed E-state index contributed by atoms with van der Waals surface area (Å²) in [6, 6.07) is 13.8. The van der Waals surface area contributed by atoms with Crippen molar-refractivity contribution in [2.75, 3.05) is 23.4 Å². The Hall–Kier alpha value is -1.50. The van der Waals surface area contributed by atoms with E-state index in [2.05, 4.69) is 0 Å². The van der Waals surface area contributed by atoms with Gasteiger partial charge in [0.25, 0.3) is 0 Å². The van der Waals surface area contributed by atoms with Crippen molar-refractivity contribution in [2.45, 2.75) is 4.90 Å². The Morgan fingerprint density at radius 2 is 1.65 bits per heavy atom. The molecule has 2 rings (SSSR count). The molecular weight excluding hydrogens is 354 g/mol. The minimum atomic E-state index is -3.31. The molecule has 0 bridgehead atoms. The summed E-state index contributed by atoms with van der Waals surface area (Å²) in [5.74, 6) is 0.293. The lowest BCUT2D eigenvalue weighted by Crippen LogP contribution is -2.24. The summed E-state index contributed by atoms with van der Waals surface area (Å²) >= 11 is 7.25. The number of hydrogen-bond acceptors (Lipinski definition) is 4. The molecule has 0 spiro atoms. The maximum atomic E-state index is 12.2. The maximum Gasteiger partial charge on any atom is 0.231 e. The van der Waals surface area contributed by atoms with Gasteiger partial charge in [0.05, 0.1) is 17.7 Å². The van der Waals surface area contributed by atoms with Crippen LogP contribution in [0, 0.1) is 0 Å². The van der Waals surface area contributed by atoms with Gasteiger partial charge in [0.15, 0.2) is 5.78 Å². The highest BCUT2D eigenvalue weighted by atomic mass is 35.5. The largest absolute Gasteiger partial charge is 0.293 e. The molecular formula is C16H16ClNO3S2. The number of nitrogens with zero attached hydrogens (tertiary/aromatic N) is 1. The van der Waals surface area contributed by atoms with Crippen LogP contribution in [0.4, 0.5) is 5.69 Å². The van der Waals surface area contributed by atoms with Gasteiger partial charge in [-0.2, -0.15) is 0 Å². The van der Waals surface area contributed by atoms with E-state index in [0.29, 0.717) is 22.0 Å². The highest BCUT2D eigenvalue weighted by Crippen LogP contribution is 2.22. The summed E-state index contributed by atoms with van der Waals surface area (Å²) in [7, 11) is -1.83. The first-order valence-corrected chi connectivity index (χ1v) is 9.94. The maximum absolute atomic E-state index is 12.2. The molecule has 0 saturated heterocycles. The molecule has 7 heteroatoms. The SMILES string of the molecule is CN(c1ccc(C(=O)CSc2ccc(Cl)cc2)cc1)S(C)(=O)=O. The average molecular weight is 370 g/mol. The molecule has 0 aliphatic carbocycles. The zero-order valence-electron chi connectivity index (χ0n) is 12.7. The van der Waals surface area contributed by atoms with Crippen LogP contribution in [0.3, 0.4) is 0 Å². The van der Waals surface area contributed by atoms with Crippen LogP contribution in [-0.2, 0) is 10.0 Å². The second-order valence-corrected chi connectivity index (χ2v) is 8.44. The lowest BCUT2D eigenvalue weighted by Gasteiger charge is -2.16. The van der Waals surface area contributed by atoms with Crippen LogP contribution in [0.5, 0.6) is 0 Å². The Balaban J connectivity index is 2.01. The number of sulfonamides is 1. The Morgan fingerprint density at radius 3 is 2.17 bits per heavy atom. The monoisotopic (exact) mass is 369 g/mol. The molecule has 0 atom stereocenters. The number of halogens is 1. The van der Waals surface area contributed by atoms with Gasteiger partial charge in [0, 0.05) is 22.5 Å². The van der Waals surface area contributed by atoms with Crippen LogP contribution >= 0.6 is 23.4 Å². The van der Waals surface area contributed by atoms with Crippen molar-refractivity contribution < 1.29 is 13.2 Å². The molecule has 0 aliphatic rings. The van der Waals surface area contributed by atoms with E-state index < -0.39 is 10.0 Å². The third-order valence-corrected chi connectivity index (χ3v) is 5.70. The highest BCUT2D eigenvalue weighted by molar-refractivity contribution is 8.00. The second-order valence-electron chi connectivity index (χ2n) is 4.94. The van der Waals surface area contributed by atoms with E-state index in [1.165, 1.54) is 23.1 Å². The van der Waals surface area contributed by atoms with Gasteiger partial charge in [0.2, 0.25) is 10.0 Å². The van der Waals surface area contributed by atoms with Gasteiger partial charge in [-0.25, -0.2) is 8.42 Å². The summed E-state index contributed by atoms with van der Waals surface area (Å²) in [4.78, 5) is 13.2. The second kappa shape index (κ2) is 7.38. The van der Waals surface area contributed by atoms with Gasteiger partial charge in [-0.05, 0) is 48.5 Å². The summed E-state index contributed by atoms with van der Waals surface area (Å²) < 4.78 is 24.1. The van der Waals surface area contributed by atoms with Gasteiger partial charge in [-0.3, -0.25) is 9.10 Å². The van der Waals surface area contributed by atoms with Crippen molar-refractivity contribution in [3.05, 3.63) is 59.1 Å². The molecule has 4 nitrogen and oxygen atoms in total. The quantitative estimate of drug-likeness (QED) is 0.575. The van der Waals surface area contributed by atoms with Gasteiger partial charge < -0.3 is 0 Å². The molecule has 0 radical (unpaired) electrons. The molecule has 0 aliphatic heterocycles. The van der Waals surface area contributed by atoms with E-state index in [9.17, 15) is 13.2 Å². The minimum absolute atomic E-state index is 0.0153. The van der Waals surface area contributed by atoms with Gasteiger partial charge in [-0.1, -0.05) is 11.6 Å². The van der Waals surface area contributed by atoms with E-state index in [1.807, 2.05) is 12.1 Å². The van der Waals surface area contributed by atoms with Crippen LogP contribution in [0.1, 0.15) is 10.4 Å². The standard InChI is InChI=1S/C16H16ClNO3S2/c1-18(23(2,20)21)14-7-3-12(4-8-14)16(19)11-22-15-9-5-13(17)6-10-15/h3-10H,11H2,1-2H3. The fourth-order valence-corrected chi connectivity index (χ4v) is 3.24. The van der Waals surface area contributed by atoms with E-state index in [4.69, 9.17) is 11.6 Å². The smallest absolute Gasteiger partial charge is 0.231 e. The first-order valence-electron chi connectivity index (χ1n) is 6.73. The van der Waals surface area contributed by atoms with Crippen molar-refractivity contribution in [3.8, 4) is 0 Å². The zero-order chi connectivity index (χ0) is 17.0. The van der Waals surface area contributed by atoms with Crippen molar-refractivity contribution >= 4 is 44.9 Å². The molecule has 2 aromatic carbocycles. The molecule has 0 amide bonds. The summed E-state index contributed by atoms with van der Waals surface area (Å²) in [6.45, 7) is 0. The third kappa shape index (κ3) is 4.99. The molecule has 0 fully saturated rings. The van der Waals surface area contributed by atoms with E-state index in [1.54, 1.807) is 36.4 Å². The summed E-state index contributed by atoms with van der Waals surface area (Å²) in [6.07, 6.45) is 1.13. The molecule has 2 aromatic rings. The van der Waals surface area contributed by atoms with E-state index >= 15 is 0 Å². The summed E-state index contributed by atoms with van der Waals surface area (Å²) in [5.41, 5.74) is 1.08. The number of benzene rings is 2. The van der Waals surface area contributed by atoms with Gasteiger partial charge >= 0.3 is 0 Å². The van der Waals surface area contributed by atoms with Crippen molar-refractivity contribution in [1.29, 1.82) is 0 Å². The molecule has 0 N–H and O–H groups in total. The van der Waals surface area contributed by atoms with E-state index in [-0.39, 0.29) is 5.78 Å². The molecule has 0 unspecified atom stereocenters. The molecule has 23 heavy (non-hydrogen) atoms. The van der Waals surface area contributed by atoms with Crippen LogP contribution < -0.4 is 4.31 Å². The molecule has 0 saturated carbocycles. The van der Waals surface area contributed by atoms with Crippen LogP contribution in [-0.4, -0.2) is 33.3 Å². The van der Waals surface area contributed by atoms with Crippen molar-refractivity contribution in [2.24, 2.45) is 0 Å². The molecule has 0 aromatic heterocycles. The Labute approximate surface area is 145 Å². The number of anilines is 1. The topological polar surface area (TPSA) is 54.5 Å². The lowest BCUT2D eigenvalue weighted by molar-refractivity contribution is 0.102. The lowest BCUT2D eigenvalue weighted by atomic mass is 10.1. The van der Waals surface area contributed by atoms with E-state index in [0.717, 1.165) is 11.2 Å². The van der Waals surface area contributed by atoms with Crippen LogP contribution in [0.15, 0.2) is 53.4 Å². The zero-order valence-corrected chi connectivity index (χ0v) is 15.1. The fourth-order valence-electron chi connectivity index (χ4n) is 1.81. The number of ketones is 1. The summed E-state index contributed by atoms with van der Waals surface area (Å²) in [5, 5.41) is 0.659. The van der Waals surface area contributed by atoms with Crippen molar-refractivity contribution in [1.82, 2.24) is 0 Å². The fraction of sp³-hybridized carbons (Fsp3) is 0.188. The number of rotatable bonds is 6. The highest BCUT2D eigenvalue weighted by Gasteiger charge is 2.13.